The summed E-state index contributed by atoms with van der Waals surface area (Å²) in [6, 6.07) is 8.96. The Hall–Kier alpha value is -3.11. The molecule has 0 radical (unpaired) electrons. The predicted octanol–water partition coefficient (Wildman–Crippen LogP) is 8.12. The first-order chi connectivity index (χ1) is 16.6. The van der Waals surface area contributed by atoms with E-state index in [1.165, 1.54) is 33.0 Å². The van der Waals surface area contributed by atoms with Gasteiger partial charge in [0.05, 0.1) is 29.9 Å². The molecule has 0 spiro atoms. The molecule has 0 unspecified atom stereocenters. The number of aromatic nitrogens is 2. The summed E-state index contributed by atoms with van der Waals surface area (Å²) in [7, 11) is 1.55. The molecule has 2 rings (SSSR count). The van der Waals surface area contributed by atoms with E-state index in [0.29, 0.717) is 22.5 Å². The van der Waals surface area contributed by atoms with Gasteiger partial charge in [-0.2, -0.15) is 5.26 Å². The van der Waals surface area contributed by atoms with Gasteiger partial charge in [-0.3, -0.25) is 4.79 Å². The molecule has 35 heavy (non-hydrogen) atoms. The SMILES string of the molecule is C=CCC.CC#N.CC(=O)OC(C)C.CCCC.COc1ncnc(Oc2ccccc2Cl)c1C. The van der Waals surface area contributed by atoms with Crippen LogP contribution in [0.3, 0.4) is 0 Å². The number of unbranched alkanes of at least 4 members (excludes halogenated alkanes) is 1. The molecule has 196 valence electrons. The summed E-state index contributed by atoms with van der Waals surface area (Å²) in [5.74, 6) is 1.26. The number of hydrogen-bond donors (Lipinski definition) is 0. The molecule has 0 saturated carbocycles. The van der Waals surface area contributed by atoms with E-state index in [1.54, 1.807) is 25.3 Å². The highest BCUT2D eigenvalue weighted by molar-refractivity contribution is 6.32. The van der Waals surface area contributed by atoms with Gasteiger partial charge >= 0.3 is 5.97 Å². The molecule has 7 nitrogen and oxygen atoms in total. The van der Waals surface area contributed by atoms with Crippen LogP contribution in [0.1, 0.15) is 73.3 Å². The molecule has 0 atom stereocenters. The largest absolute Gasteiger partial charge is 0.481 e. The molecule has 0 aliphatic rings. The molecule has 0 amide bonds. The zero-order valence-corrected chi connectivity index (χ0v) is 23.5. The Morgan fingerprint density at radius 1 is 1.17 bits per heavy atom. The zero-order valence-electron chi connectivity index (χ0n) is 22.7. The molecule has 0 bridgehead atoms. The Balaban J connectivity index is -0.000000471. The van der Waals surface area contributed by atoms with E-state index < -0.39 is 0 Å². The number of rotatable bonds is 6. The molecule has 1 heterocycles. The average Bonchev–Trinajstić information content (AvgIpc) is 2.82. The molecular formula is C27H42ClN3O4. The summed E-state index contributed by atoms with van der Waals surface area (Å²) < 4.78 is 15.3. The van der Waals surface area contributed by atoms with Crippen molar-refractivity contribution in [2.75, 3.05) is 7.11 Å². The van der Waals surface area contributed by atoms with Crippen LogP contribution in [0.4, 0.5) is 0 Å². The number of nitriles is 1. The van der Waals surface area contributed by atoms with Crippen molar-refractivity contribution < 1.29 is 19.0 Å². The number of halogens is 1. The smallest absolute Gasteiger partial charge is 0.302 e. The van der Waals surface area contributed by atoms with Crippen LogP contribution in [0, 0.1) is 18.3 Å². The first-order valence-corrected chi connectivity index (χ1v) is 11.8. The Morgan fingerprint density at radius 2 is 1.66 bits per heavy atom. The van der Waals surface area contributed by atoms with E-state index in [4.69, 9.17) is 26.3 Å². The number of benzene rings is 1. The maximum Gasteiger partial charge on any atom is 0.302 e. The Kier molecular flexibility index (Phi) is 26.6. The molecule has 2 aromatic rings. The van der Waals surface area contributed by atoms with Crippen molar-refractivity contribution >= 4 is 17.6 Å². The van der Waals surface area contributed by atoms with Crippen molar-refractivity contribution in [2.24, 2.45) is 0 Å². The van der Waals surface area contributed by atoms with E-state index in [1.807, 2.05) is 39.0 Å². The van der Waals surface area contributed by atoms with Gasteiger partial charge in [0.2, 0.25) is 11.8 Å². The molecule has 0 N–H and O–H groups in total. The Morgan fingerprint density at radius 3 is 2.00 bits per heavy atom. The van der Waals surface area contributed by atoms with Gasteiger partial charge in [-0.05, 0) is 39.3 Å². The van der Waals surface area contributed by atoms with E-state index in [2.05, 4.69) is 42.1 Å². The van der Waals surface area contributed by atoms with Crippen molar-refractivity contribution in [3.63, 3.8) is 0 Å². The fraction of sp³-hybridized carbons (Fsp3) is 0.481. The second kappa shape index (κ2) is 25.5. The van der Waals surface area contributed by atoms with E-state index >= 15 is 0 Å². The molecule has 0 saturated heterocycles. The average molecular weight is 508 g/mol. The van der Waals surface area contributed by atoms with Crippen molar-refractivity contribution in [3.05, 3.63) is 53.8 Å². The molecule has 1 aromatic heterocycles. The second-order valence-electron chi connectivity index (χ2n) is 6.92. The summed E-state index contributed by atoms with van der Waals surface area (Å²) in [6.07, 6.45) is 7.01. The van der Waals surface area contributed by atoms with Gasteiger partial charge in [0.1, 0.15) is 12.1 Å². The van der Waals surface area contributed by atoms with Gasteiger partial charge in [-0.1, -0.05) is 63.4 Å². The highest BCUT2D eigenvalue weighted by Gasteiger charge is 2.10. The number of carbonyl (C=O) groups is 1. The van der Waals surface area contributed by atoms with Crippen LogP contribution >= 0.6 is 11.6 Å². The number of hydrogen-bond acceptors (Lipinski definition) is 7. The number of carbonyl (C=O) groups excluding carboxylic acids is 1. The number of allylic oxidation sites excluding steroid dienone is 1. The summed E-state index contributed by atoms with van der Waals surface area (Å²) in [5.41, 5.74) is 0.731. The molecule has 0 fully saturated rings. The number of para-hydroxylation sites is 1. The van der Waals surface area contributed by atoms with E-state index in [-0.39, 0.29) is 12.1 Å². The van der Waals surface area contributed by atoms with Gasteiger partial charge in [0.15, 0.2) is 0 Å². The normalized spacial score (nSPS) is 8.51. The number of methoxy groups -OCH3 is 1. The van der Waals surface area contributed by atoms with Crippen LogP contribution in [0.5, 0.6) is 17.5 Å². The summed E-state index contributed by atoms with van der Waals surface area (Å²) >= 11 is 6.00. The lowest BCUT2D eigenvalue weighted by Crippen LogP contribution is -2.06. The van der Waals surface area contributed by atoms with E-state index in [0.717, 1.165) is 12.0 Å². The fourth-order valence-corrected chi connectivity index (χ4v) is 1.87. The summed E-state index contributed by atoms with van der Waals surface area (Å²) in [4.78, 5) is 18.1. The number of nitrogens with zero attached hydrogens (tertiary/aromatic N) is 3. The minimum atomic E-state index is -0.213. The predicted molar refractivity (Wildman–Crippen MR) is 144 cm³/mol. The minimum absolute atomic E-state index is 0.0255. The third kappa shape index (κ3) is 22.4. The lowest BCUT2D eigenvalue weighted by atomic mass is 10.3. The summed E-state index contributed by atoms with van der Waals surface area (Å²) in [5, 5.41) is 7.85. The van der Waals surface area contributed by atoms with Crippen molar-refractivity contribution in [1.82, 2.24) is 9.97 Å². The fourth-order valence-electron chi connectivity index (χ4n) is 1.69. The quantitative estimate of drug-likeness (QED) is 0.287. The second-order valence-corrected chi connectivity index (χ2v) is 7.33. The minimum Gasteiger partial charge on any atom is -0.481 e. The molecule has 0 aliphatic carbocycles. The Bertz CT molecular complexity index is 851. The van der Waals surface area contributed by atoms with E-state index in [9.17, 15) is 4.79 Å². The summed E-state index contributed by atoms with van der Waals surface area (Å²) in [6.45, 7) is 18.2. The lowest BCUT2D eigenvalue weighted by molar-refractivity contribution is -0.144. The number of esters is 1. The van der Waals surface area contributed by atoms with Crippen LogP contribution in [-0.4, -0.2) is 29.2 Å². The van der Waals surface area contributed by atoms with Gasteiger partial charge in [0, 0.05) is 13.8 Å². The zero-order chi connectivity index (χ0) is 27.6. The highest BCUT2D eigenvalue weighted by Crippen LogP contribution is 2.31. The third-order valence-electron chi connectivity index (χ3n) is 3.42. The van der Waals surface area contributed by atoms with Gasteiger partial charge in [0.25, 0.3) is 0 Å². The van der Waals surface area contributed by atoms with Crippen LogP contribution in [0.25, 0.3) is 0 Å². The lowest BCUT2D eigenvalue weighted by Gasteiger charge is -2.10. The van der Waals surface area contributed by atoms with Crippen molar-refractivity contribution in [1.29, 1.82) is 5.26 Å². The van der Waals surface area contributed by atoms with Gasteiger partial charge < -0.3 is 14.2 Å². The molecular weight excluding hydrogens is 466 g/mol. The van der Waals surface area contributed by atoms with Gasteiger partial charge in [-0.15, -0.1) is 6.58 Å². The monoisotopic (exact) mass is 507 g/mol. The van der Waals surface area contributed by atoms with Crippen LogP contribution in [0.2, 0.25) is 5.02 Å². The van der Waals surface area contributed by atoms with Crippen LogP contribution in [-0.2, 0) is 9.53 Å². The van der Waals surface area contributed by atoms with Crippen molar-refractivity contribution in [2.45, 2.75) is 80.8 Å². The van der Waals surface area contributed by atoms with Crippen LogP contribution in [0.15, 0.2) is 43.2 Å². The topological polar surface area (TPSA) is 94.3 Å². The molecule has 8 heteroatoms. The number of ether oxygens (including phenoxy) is 3. The molecule has 0 aliphatic heterocycles. The third-order valence-corrected chi connectivity index (χ3v) is 3.73. The van der Waals surface area contributed by atoms with Crippen LogP contribution < -0.4 is 9.47 Å². The van der Waals surface area contributed by atoms with Gasteiger partial charge in [-0.25, -0.2) is 9.97 Å². The highest BCUT2D eigenvalue weighted by atomic mass is 35.5. The maximum absolute atomic E-state index is 10.0. The first-order valence-electron chi connectivity index (χ1n) is 11.5. The first kappa shape index (κ1) is 36.5. The maximum atomic E-state index is 10.0. The Labute approximate surface area is 217 Å². The molecule has 1 aromatic carbocycles. The standard InChI is InChI=1S/C12H11ClN2O2.C5H10O2.C4H10.C4H8.C2H3N/c1-8-11(16-2)14-7-15-12(8)17-10-6-4-3-5-9(10)13;1-4(2)7-5(3)6;2*1-3-4-2;1-2-3/h3-7H,1-2H3;4H,1-3H3;3-4H2,1-2H3;3H,1,4H2,2H3;1H3. The van der Waals surface area contributed by atoms with Crippen molar-refractivity contribution in [3.8, 4) is 23.6 Å².